The highest BCUT2D eigenvalue weighted by Crippen LogP contribution is 1.84. The summed E-state index contributed by atoms with van der Waals surface area (Å²) in [6.07, 6.45) is 0. The minimum Gasteiger partial charge on any atom is -0.241 e. The fourth-order valence-electron chi connectivity index (χ4n) is 0.0373. The lowest BCUT2D eigenvalue weighted by Crippen LogP contribution is -1.89. The maximum atomic E-state index is 7.47. The first-order chi connectivity index (χ1) is 2.41. The summed E-state index contributed by atoms with van der Waals surface area (Å²) in [6, 6.07) is 0. The molecule has 0 aromatic carbocycles. The summed E-state index contributed by atoms with van der Waals surface area (Å²) in [7, 11) is 1.64. The standard InChI is InChI=1S/CH5NO2S/c1-2-5-4-3/h2-3H,1H3. The Kier molecular flexibility index (Phi) is 4.42. The lowest BCUT2D eigenvalue weighted by molar-refractivity contribution is -0.117. The van der Waals surface area contributed by atoms with E-state index in [-0.39, 0.29) is 0 Å². The molecule has 32 valence electrons. The van der Waals surface area contributed by atoms with Crippen molar-refractivity contribution in [3.63, 3.8) is 0 Å². The van der Waals surface area contributed by atoms with Gasteiger partial charge in [-0.3, -0.25) is 0 Å². The number of hydrogen-bond donors (Lipinski definition) is 2. The smallest absolute Gasteiger partial charge is 0.117 e. The van der Waals surface area contributed by atoms with Gasteiger partial charge in [-0.15, -0.1) is 4.33 Å². The van der Waals surface area contributed by atoms with Crippen molar-refractivity contribution < 1.29 is 9.59 Å². The molecule has 0 aromatic rings. The van der Waals surface area contributed by atoms with Crippen molar-refractivity contribution in [2.75, 3.05) is 7.05 Å². The van der Waals surface area contributed by atoms with E-state index in [0.717, 1.165) is 12.2 Å². The van der Waals surface area contributed by atoms with Gasteiger partial charge in [-0.25, -0.2) is 9.98 Å². The quantitative estimate of drug-likeness (QED) is 0.223. The van der Waals surface area contributed by atoms with Gasteiger partial charge in [0.05, 0.1) is 0 Å². The zero-order valence-electron chi connectivity index (χ0n) is 2.76. The first-order valence-electron chi connectivity index (χ1n) is 1.05. The average Bonchev–Trinajstić information content (AvgIpc) is 1.41. The Morgan fingerprint density at radius 1 is 2.00 bits per heavy atom. The van der Waals surface area contributed by atoms with Gasteiger partial charge >= 0.3 is 0 Å². The van der Waals surface area contributed by atoms with E-state index < -0.39 is 0 Å². The molecule has 0 fully saturated rings. The highest BCUT2D eigenvalue weighted by molar-refractivity contribution is 7.92. The molecule has 0 aliphatic rings. The fourth-order valence-corrected chi connectivity index (χ4v) is 0.112. The molecule has 0 atom stereocenters. The van der Waals surface area contributed by atoms with Crippen LogP contribution in [0.3, 0.4) is 0 Å². The molecule has 0 saturated carbocycles. The van der Waals surface area contributed by atoms with E-state index in [1.165, 1.54) is 0 Å². The van der Waals surface area contributed by atoms with Gasteiger partial charge in [0.15, 0.2) is 0 Å². The molecule has 0 rings (SSSR count). The minimum absolute atomic E-state index is 0.769. The Bertz CT molecular complexity index is 17.1. The molecule has 0 spiro atoms. The summed E-state index contributed by atoms with van der Waals surface area (Å²) in [6.45, 7) is 0. The van der Waals surface area contributed by atoms with Crippen LogP contribution in [0.2, 0.25) is 0 Å². The number of nitrogens with one attached hydrogen (secondary N) is 1. The van der Waals surface area contributed by atoms with Gasteiger partial charge in [-0.05, 0) is 7.05 Å². The van der Waals surface area contributed by atoms with Crippen molar-refractivity contribution in [1.82, 2.24) is 4.72 Å². The summed E-state index contributed by atoms with van der Waals surface area (Å²) in [4.78, 5) is 0. The third-order valence-corrected chi connectivity index (χ3v) is 0.362. The molecule has 4 heteroatoms. The van der Waals surface area contributed by atoms with E-state index in [4.69, 9.17) is 5.26 Å². The summed E-state index contributed by atoms with van der Waals surface area (Å²) >= 11 is 0.769. The first-order valence-corrected chi connectivity index (χ1v) is 1.79. The van der Waals surface area contributed by atoms with Gasteiger partial charge in [0.2, 0.25) is 0 Å². The molecule has 0 saturated heterocycles. The lowest BCUT2D eigenvalue weighted by atomic mass is 11.6. The molecule has 0 unspecified atom stereocenters. The van der Waals surface area contributed by atoms with Crippen LogP contribution in [-0.2, 0) is 4.33 Å². The molecule has 0 heterocycles. The SMILES string of the molecule is CNSOO. The highest BCUT2D eigenvalue weighted by atomic mass is 32.2. The van der Waals surface area contributed by atoms with E-state index in [2.05, 4.69) is 9.06 Å². The Hall–Kier alpha value is 0.230. The Balaban J connectivity index is 2.19. The minimum atomic E-state index is 0.769. The summed E-state index contributed by atoms with van der Waals surface area (Å²) in [5.74, 6) is 0. The van der Waals surface area contributed by atoms with Crippen LogP contribution in [0, 0.1) is 0 Å². The molecule has 0 aromatic heterocycles. The molecule has 3 nitrogen and oxygen atoms in total. The van der Waals surface area contributed by atoms with E-state index in [9.17, 15) is 0 Å². The topological polar surface area (TPSA) is 41.5 Å². The lowest BCUT2D eigenvalue weighted by Gasteiger charge is -1.82. The van der Waals surface area contributed by atoms with Crippen LogP contribution < -0.4 is 4.72 Å². The molecule has 0 radical (unpaired) electrons. The summed E-state index contributed by atoms with van der Waals surface area (Å²) < 4.78 is 5.96. The summed E-state index contributed by atoms with van der Waals surface area (Å²) in [5.41, 5.74) is 0. The van der Waals surface area contributed by atoms with Crippen molar-refractivity contribution in [3.05, 3.63) is 0 Å². The first kappa shape index (κ1) is 5.23. The van der Waals surface area contributed by atoms with Gasteiger partial charge in [-0.1, -0.05) is 0 Å². The predicted molar refractivity (Wildman–Crippen MR) is 20.4 cm³/mol. The summed E-state index contributed by atoms with van der Waals surface area (Å²) in [5, 5.41) is 7.47. The monoisotopic (exact) mass is 95.0 g/mol. The molecular weight excluding hydrogens is 90.1 g/mol. The zero-order valence-corrected chi connectivity index (χ0v) is 3.58. The van der Waals surface area contributed by atoms with Gasteiger partial charge < -0.3 is 0 Å². The Morgan fingerprint density at radius 3 is 2.60 bits per heavy atom. The Morgan fingerprint density at radius 2 is 2.60 bits per heavy atom. The van der Waals surface area contributed by atoms with Crippen LogP contribution in [0.5, 0.6) is 0 Å². The molecular formula is CH5NO2S. The van der Waals surface area contributed by atoms with E-state index in [0.29, 0.717) is 0 Å². The largest absolute Gasteiger partial charge is 0.241 e. The Labute approximate surface area is 34.6 Å². The third kappa shape index (κ3) is 4.23. The van der Waals surface area contributed by atoms with Crippen LogP contribution in [0.15, 0.2) is 0 Å². The highest BCUT2D eigenvalue weighted by Gasteiger charge is 1.66. The fraction of sp³-hybridized carbons (Fsp3) is 1.00. The second-order valence-electron chi connectivity index (χ2n) is 0.362. The average molecular weight is 95.1 g/mol. The molecule has 2 N–H and O–H groups in total. The maximum absolute atomic E-state index is 7.47. The molecule has 0 aliphatic heterocycles. The van der Waals surface area contributed by atoms with Crippen LogP contribution in [-0.4, -0.2) is 12.3 Å². The van der Waals surface area contributed by atoms with Gasteiger partial charge in [0.1, 0.15) is 12.2 Å². The van der Waals surface area contributed by atoms with E-state index in [1.54, 1.807) is 7.05 Å². The molecule has 0 aliphatic carbocycles. The van der Waals surface area contributed by atoms with Crippen molar-refractivity contribution in [2.24, 2.45) is 0 Å². The van der Waals surface area contributed by atoms with Crippen molar-refractivity contribution >= 4 is 12.2 Å². The second-order valence-corrected chi connectivity index (χ2v) is 1.09. The third-order valence-electron chi connectivity index (χ3n) is 0.121. The number of hydrogen-bond acceptors (Lipinski definition) is 4. The molecule has 0 amide bonds. The van der Waals surface area contributed by atoms with Crippen molar-refractivity contribution in [2.45, 2.75) is 0 Å². The normalized spacial score (nSPS) is 8.40. The zero-order chi connectivity index (χ0) is 4.12. The van der Waals surface area contributed by atoms with Gasteiger partial charge in [0.25, 0.3) is 0 Å². The van der Waals surface area contributed by atoms with Crippen LogP contribution >= 0.6 is 12.2 Å². The van der Waals surface area contributed by atoms with Gasteiger partial charge in [-0.2, -0.15) is 0 Å². The number of rotatable bonds is 2. The van der Waals surface area contributed by atoms with Crippen molar-refractivity contribution in [3.8, 4) is 0 Å². The molecule has 0 bridgehead atoms. The van der Waals surface area contributed by atoms with Crippen LogP contribution in [0.4, 0.5) is 0 Å². The van der Waals surface area contributed by atoms with Gasteiger partial charge in [0, 0.05) is 0 Å². The van der Waals surface area contributed by atoms with Crippen molar-refractivity contribution in [1.29, 1.82) is 0 Å². The second kappa shape index (κ2) is 4.23. The predicted octanol–water partition coefficient (Wildman–Crippen LogP) is 0.259. The molecule has 5 heavy (non-hydrogen) atoms. The van der Waals surface area contributed by atoms with E-state index in [1.807, 2.05) is 0 Å². The van der Waals surface area contributed by atoms with Crippen LogP contribution in [0.1, 0.15) is 0 Å². The van der Waals surface area contributed by atoms with Crippen LogP contribution in [0.25, 0.3) is 0 Å². The maximum Gasteiger partial charge on any atom is 0.117 e. The van der Waals surface area contributed by atoms with E-state index >= 15 is 0 Å².